The van der Waals surface area contributed by atoms with Crippen LogP contribution < -0.4 is 5.32 Å². The van der Waals surface area contributed by atoms with Crippen molar-refractivity contribution in [3.05, 3.63) is 21.4 Å². The number of thiophene rings is 1. The Morgan fingerprint density at radius 1 is 1.45 bits per heavy atom. The molecule has 1 saturated carbocycles. The maximum absolute atomic E-state index is 12.4. The molecule has 0 bridgehead atoms. The molecule has 1 amide bonds. The number of rotatable bonds is 2. The number of carbonyl (C=O) groups is 1. The Labute approximate surface area is 124 Å². The zero-order valence-corrected chi connectivity index (χ0v) is 12.9. The predicted octanol–water partition coefficient (Wildman–Crippen LogP) is 2.85. The van der Waals surface area contributed by atoms with Crippen LogP contribution in [0.1, 0.15) is 59.1 Å². The standard InChI is InChI=1S/C16H21NO2S/c1-12-11-14(20-13(12)7-6-10-18)15(19)17-16(2)8-4-3-5-9-16/h11,18H,3-5,8-10H2,1-2H3,(H,17,19). The number of amides is 1. The van der Waals surface area contributed by atoms with E-state index in [1.807, 2.05) is 13.0 Å². The van der Waals surface area contributed by atoms with E-state index in [0.717, 1.165) is 23.3 Å². The fourth-order valence-corrected chi connectivity index (χ4v) is 3.57. The highest BCUT2D eigenvalue weighted by atomic mass is 32.1. The highest BCUT2D eigenvalue weighted by molar-refractivity contribution is 7.14. The van der Waals surface area contributed by atoms with E-state index in [2.05, 4.69) is 24.1 Å². The van der Waals surface area contributed by atoms with Crippen LogP contribution in [0.5, 0.6) is 0 Å². The Hall–Kier alpha value is -1.31. The first-order valence-corrected chi connectivity index (χ1v) is 7.88. The Morgan fingerprint density at radius 2 is 2.15 bits per heavy atom. The van der Waals surface area contributed by atoms with E-state index >= 15 is 0 Å². The maximum atomic E-state index is 12.4. The molecule has 1 aliphatic carbocycles. The van der Waals surface area contributed by atoms with E-state index in [1.54, 1.807) is 0 Å². The summed E-state index contributed by atoms with van der Waals surface area (Å²) in [5, 5.41) is 11.9. The molecule has 0 spiro atoms. The van der Waals surface area contributed by atoms with Gasteiger partial charge in [0.15, 0.2) is 0 Å². The van der Waals surface area contributed by atoms with Gasteiger partial charge in [0.2, 0.25) is 0 Å². The average molecular weight is 291 g/mol. The van der Waals surface area contributed by atoms with E-state index in [1.165, 1.54) is 30.6 Å². The molecule has 4 heteroatoms. The van der Waals surface area contributed by atoms with Gasteiger partial charge in [-0.2, -0.15) is 0 Å². The molecule has 1 fully saturated rings. The van der Waals surface area contributed by atoms with Crippen molar-refractivity contribution in [2.24, 2.45) is 0 Å². The van der Waals surface area contributed by atoms with E-state index in [-0.39, 0.29) is 18.1 Å². The summed E-state index contributed by atoms with van der Waals surface area (Å²) in [5.41, 5.74) is 0.930. The Bertz CT molecular complexity index is 545. The van der Waals surface area contributed by atoms with Crippen LogP contribution in [-0.4, -0.2) is 23.2 Å². The lowest BCUT2D eigenvalue weighted by atomic mass is 9.83. The van der Waals surface area contributed by atoms with E-state index in [4.69, 9.17) is 5.11 Å². The zero-order chi connectivity index (χ0) is 14.6. The summed E-state index contributed by atoms with van der Waals surface area (Å²) in [4.78, 5) is 13.9. The summed E-state index contributed by atoms with van der Waals surface area (Å²) in [7, 11) is 0. The van der Waals surface area contributed by atoms with E-state index in [0.29, 0.717) is 4.88 Å². The lowest BCUT2D eigenvalue weighted by molar-refractivity contribution is 0.0887. The SMILES string of the molecule is Cc1cc(C(=O)NC2(C)CCCCC2)sc1C#CCO. The van der Waals surface area contributed by atoms with Gasteiger partial charge in [-0.05, 0) is 38.3 Å². The molecule has 0 aliphatic heterocycles. The van der Waals surface area contributed by atoms with Crippen molar-refractivity contribution >= 4 is 17.2 Å². The lowest BCUT2D eigenvalue weighted by Gasteiger charge is -2.34. The van der Waals surface area contributed by atoms with Crippen LogP contribution in [0, 0.1) is 18.8 Å². The molecule has 108 valence electrons. The summed E-state index contributed by atoms with van der Waals surface area (Å²) in [5.74, 6) is 5.52. The van der Waals surface area contributed by atoms with Crippen molar-refractivity contribution in [1.29, 1.82) is 0 Å². The van der Waals surface area contributed by atoms with Crippen LogP contribution in [0.15, 0.2) is 6.07 Å². The first-order chi connectivity index (χ1) is 9.54. The van der Waals surface area contributed by atoms with E-state index < -0.39 is 0 Å². The van der Waals surface area contributed by atoms with Crippen molar-refractivity contribution in [2.45, 2.75) is 51.5 Å². The average Bonchev–Trinajstić information content (AvgIpc) is 2.78. The Kier molecular flexibility index (Phi) is 4.85. The molecule has 0 atom stereocenters. The highest BCUT2D eigenvalue weighted by Gasteiger charge is 2.29. The molecule has 0 radical (unpaired) electrons. The fourth-order valence-electron chi connectivity index (χ4n) is 2.63. The topological polar surface area (TPSA) is 49.3 Å². The minimum Gasteiger partial charge on any atom is -0.384 e. The van der Waals surface area contributed by atoms with Gasteiger partial charge in [0, 0.05) is 5.54 Å². The van der Waals surface area contributed by atoms with Crippen LogP contribution in [-0.2, 0) is 0 Å². The van der Waals surface area contributed by atoms with E-state index in [9.17, 15) is 4.79 Å². The number of aliphatic hydroxyl groups excluding tert-OH is 1. The summed E-state index contributed by atoms with van der Waals surface area (Å²) >= 11 is 1.40. The molecule has 20 heavy (non-hydrogen) atoms. The molecule has 0 aromatic carbocycles. The number of nitrogens with one attached hydrogen (secondary N) is 1. The zero-order valence-electron chi connectivity index (χ0n) is 12.1. The molecule has 2 rings (SSSR count). The first-order valence-electron chi connectivity index (χ1n) is 7.07. The summed E-state index contributed by atoms with van der Waals surface area (Å²) < 4.78 is 0. The summed E-state index contributed by atoms with van der Waals surface area (Å²) in [6.45, 7) is 3.92. The van der Waals surface area contributed by atoms with Gasteiger partial charge in [-0.15, -0.1) is 11.3 Å². The van der Waals surface area contributed by atoms with Crippen LogP contribution >= 0.6 is 11.3 Å². The molecule has 2 N–H and O–H groups in total. The van der Waals surface area contributed by atoms with Crippen molar-refractivity contribution in [2.75, 3.05) is 6.61 Å². The molecular formula is C16H21NO2S. The van der Waals surface area contributed by atoms with Gasteiger partial charge >= 0.3 is 0 Å². The number of aliphatic hydroxyl groups is 1. The van der Waals surface area contributed by atoms with Crippen molar-refractivity contribution < 1.29 is 9.90 Å². The van der Waals surface area contributed by atoms with Crippen molar-refractivity contribution in [3.63, 3.8) is 0 Å². The lowest BCUT2D eigenvalue weighted by Crippen LogP contribution is -2.47. The van der Waals surface area contributed by atoms with Crippen LogP contribution in [0.2, 0.25) is 0 Å². The van der Waals surface area contributed by atoms with Gasteiger partial charge in [-0.25, -0.2) is 0 Å². The fraction of sp³-hybridized carbons (Fsp3) is 0.562. The number of hydrogen-bond donors (Lipinski definition) is 2. The van der Waals surface area contributed by atoms with Crippen LogP contribution in [0.4, 0.5) is 0 Å². The summed E-state index contributed by atoms with van der Waals surface area (Å²) in [6, 6.07) is 1.88. The maximum Gasteiger partial charge on any atom is 0.261 e. The Balaban J connectivity index is 2.09. The molecule has 0 saturated heterocycles. The molecule has 1 aromatic heterocycles. The Morgan fingerprint density at radius 3 is 2.80 bits per heavy atom. The minimum absolute atomic E-state index is 0.000418. The monoisotopic (exact) mass is 291 g/mol. The van der Waals surface area contributed by atoms with Gasteiger partial charge in [0.1, 0.15) is 6.61 Å². The van der Waals surface area contributed by atoms with Crippen molar-refractivity contribution in [3.8, 4) is 11.8 Å². The molecular weight excluding hydrogens is 270 g/mol. The third-order valence-corrected chi connectivity index (χ3v) is 4.95. The number of carbonyl (C=O) groups excluding carboxylic acids is 1. The smallest absolute Gasteiger partial charge is 0.261 e. The van der Waals surface area contributed by atoms with Gasteiger partial charge in [0.05, 0.1) is 9.75 Å². The van der Waals surface area contributed by atoms with Gasteiger partial charge in [-0.1, -0.05) is 31.1 Å². The molecule has 0 unspecified atom stereocenters. The summed E-state index contributed by atoms with van der Waals surface area (Å²) in [6.07, 6.45) is 5.76. The second-order valence-corrected chi connectivity index (χ2v) is 6.71. The second-order valence-electron chi connectivity index (χ2n) is 5.66. The quantitative estimate of drug-likeness (QED) is 0.823. The van der Waals surface area contributed by atoms with Gasteiger partial charge < -0.3 is 10.4 Å². The third-order valence-electron chi connectivity index (χ3n) is 3.79. The minimum atomic E-state index is -0.156. The molecule has 1 aliphatic rings. The number of aryl methyl sites for hydroxylation is 1. The van der Waals surface area contributed by atoms with Crippen LogP contribution in [0.3, 0.4) is 0 Å². The molecule has 3 nitrogen and oxygen atoms in total. The predicted molar refractivity (Wildman–Crippen MR) is 82.0 cm³/mol. The van der Waals surface area contributed by atoms with Crippen LogP contribution in [0.25, 0.3) is 0 Å². The second kappa shape index (κ2) is 6.43. The first kappa shape index (κ1) is 15.1. The van der Waals surface area contributed by atoms with Gasteiger partial charge in [-0.3, -0.25) is 4.79 Å². The highest BCUT2D eigenvalue weighted by Crippen LogP contribution is 2.29. The normalized spacial score (nSPS) is 17.1. The third kappa shape index (κ3) is 3.62. The number of hydrogen-bond acceptors (Lipinski definition) is 3. The molecule has 1 aromatic rings. The van der Waals surface area contributed by atoms with Crippen molar-refractivity contribution in [1.82, 2.24) is 5.32 Å². The van der Waals surface area contributed by atoms with Gasteiger partial charge in [0.25, 0.3) is 5.91 Å². The largest absolute Gasteiger partial charge is 0.384 e. The molecule has 1 heterocycles.